The molecule has 3 nitrogen and oxygen atoms in total. The quantitative estimate of drug-likeness (QED) is 0.785. The number of amides is 2. The Kier molecular flexibility index (Phi) is 5.33. The molecular weight excluding hydrogens is 319 g/mol. The zero-order valence-corrected chi connectivity index (χ0v) is 14.2. The van der Waals surface area contributed by atoms with Crippen LogP contribution in [0.4, 0.5) is 10.5 Å². The number of rotatable bonds is 3. The van der Waals surface area contributed by atoms with Gasteiger partial charge >= 0.3 is 6.03 Å². The highest BCUT2D eigenvalue weighted by atomic mass is 35.5. The average molecular weight is 337 g/mol. The van der Waals surface area contributed by atoms with Gasteiger partial charge in [-0.05, 0) is 43.2 Å². The van der Waals surface area contributed by atoms with Crippen LogP contribution in [-0.2, 0) is 0 Å². The minimum absolute atomic E-state index is 0.155. The van der Waals surface area contributed by atoms with E-state index in [4.69, 9.17) is 23.2 Å². The predicted octanol–water partition coefficient (Wildman–Crippen LogP) is 5.53. The van der Waals surface area contributed by atoms with Crippen LogP contribution in [0.5, 0.6) is 0 Å². The molecule has 0 radical (unpaired) electrons. The number of aryl methyl sites for hydroxylation is 1. The maximum atomic E-state index is 12.4. The van der Waals surface area contributed by atoms with E-state index < -0.39 is 0 Å². The van der Waals surface area contributed by atoms with Gasteiger partial charge in [0, 0.05) is 12.1 Å². The number of anilines is 1. The molecule has 2 aromatic rings. The largest absolute Gasteiger partial charge is 0.322 e. The molecule has 1 unspecified atom stereocenters. The standard InChI is InChI=1S/C17H18Cl2N2O/c1-11-8-9-16(15(19)10-11)20-17(22)21(3)12(2)13-6-4-5-7-14(13)18/h4-10,12H,1-3H3,(H,20,22). The number of carbonyl (C=O) groups excluding carboxylic acids is 1. The Balaban J connectivity index is 2.13. The third-order valence-corrected chi connectivity index (χ3v) is 4.28. The monoisotopic (exact) mass is 336 g/mol. The Labute approximate surface area is 140 Å². The maximum Gasteiger partial charge on any atom is 0.322 e. The van der Waals surface area contributed by atoms with Crippen LogP contribution in [0.2, 0.25) is 10.0 Å². The summed E-state index contributed by atoms with van der Waals surface area (Å²) in [5, 5.41) is 3.98. The van der Waals surface area contributed by atoms with E-state index in [1.165, 1.54) is 0 Å². The summed E-state index contributed by atoms with van der Waals surface area (Å²) in [4.78, 5) is 14.0. The van der Waals surface area contributed by atoms with Crippen molar-refractivity contribution >= 4 is 34.9 Å². The van der Waals surface area contributed by atoms with Gasteiger partial charge in [0.1, 0.15) is 0 Å². The molecule has 2 rings (SSSR count). The van der Waals surface area contributed by atoms with Gasteiger partial charge in [-0.25, -0.2) is 4.79 Å². The first kappa shape index (κ1) is 16.7. The van der Waals surface area contributed by atoms with Gasteiger partial charge in [0.15, 0.2) is 0 Å². The number of urea groups is 1. The lowest BCUT2D eigenvalue weighted by atomic mass is 10.1. The second-order valence-electron chi connectivity index (χ2n) is 5.22. The van der Waals surface area contributed by atoms with Crippen molar-refractivity contribution in [1.82, 2.24) is 4.90 Å². The molecule has 5 heteroatoms. The molecule has 0 aromatic heterocycles. The second-order valence-corrected chi connectivity index (χ2v) is 6.04. The third-order valence-electron chi connectivity index (χ3n) is 3.62. The predicted molar refractivity (Wildman–Crippen MR) is 92.8 cm³/mol. The molecule has 22 heavy (non-hydrogen) atoms. The minimum atomic E-state index is -0.238. The number of hydrogen-bond acceptors (Lipinski definition) is 1. The molecule has 0 spiro atoms. The Hall–Kier alpha value is -1.71. The maximum absolute atomic E-state index is 12.4. The third kappa shape index (κ3) is 3.73. The molecule has 2 amide bonds. The van der Waals surface area contributed by atoms with Crippen LogP contribution in [0.15, 0.2) is 42.5 Å². The number of benzene rings is 2. The topological polar surface area (TPSA) is 32.3 Å². The molecule has 0 bridgehead atoms. The van der Waals surface area contributed by atoms with E-state index in [0.717, 1.165) is 11.1 Å². The molecule has 116 valence electrons. The van der Waals surface area contributed by atoms with Crippen LogP contribution in [0.3, 0.4) is 0 Å². The lowest BCUT2D eigenvalue weighted by Crippen LogP contribution is -2.33. The number of hydrogen-bond donors (Lipinski definition) is 1. The van der Waals surface area contributed by atoms with Crippen LogP contribution in [0.25, 0.3) is 0 Å². The summed E-state index contributed by atoms with van der Waals surface area (Å²) in [5.41, 5.74) is 2.54. The van der Waals surface area contributed by atoms with Gasteiger partial charge in [-0.1, -0.05) is 47.5 Å². The van der Waals surface area contributed by atoms with E-state index >= 15 is 0 Å². The van der Waals surface area contributed by atoms with Crippen molar-refractivity contribution in [1.29, 1.82) is 0 Å². The fourth-order valence-corrected chi connectivity index (χ4v) is 2.70. The highest BCUT2D eigenvalue weighted by molar-refractivity contribution is 6.33. The minimum Gasteiger partial charge on any atom is -0.321 e. The van der Waals surface area contributed by atoms with E-state index in [-0.39, 0.29) is 12.1 Å². The SMILES string of the molecule is Cc1ccc(NC(=O)N(C)C(C)c2ccccc2Cl)c(Cl)c1. The molecule has 2 aromatic carbocycles. The summed E-state index contributed by atoms with van der Waals surface area (Å²) in [6.45, 7) is 3.88. The molecule has 0 aliphatic heterocycles. The molecule has 0 aliphatic carbocycles. The summed E-state index contributed by atoms with van der Waals surface area (Å²) in [5.74, 6) is 0. The number of carbonyl (C=O) groups is 1. The molecule has 0 fully saturated rings. The molecule has 0 heterocycles. The van der Waals surface area contributed by atoms with Crippen molar-refractivity contribution in [2.24, 2.45) is 0 Å². The summed E-state index contributed by atoms with van der Waals surface area (Å²) in [6, 6.07) is 12.6. The number of nitrogens with zero attached hydrogens (tertiary/aromatic N) is 1. The summed E-state index contributed by atoms with van der Waals surface area (Å²) in [6.07, 6.45) is 0. The highest BCUT2D eigenvalue weighted by Crippen LogP contribution is 2.28. The average Bonchev–Trinajstić information content (AvgIpc) is 2.49. The first-order chi connectivity index (χ1) is 10.4. The van der Waals surface area contributed by atoms with Crippen molar-refractivity contribution in [2.45, 2.75) is 19.9 Å². The summed E-state index contributed by atoms with van der Waals surface area (Å²) in [7, 11) is 1.73. The number of halogens is 2. The Morgan fingerprint density at radius 3 is 2.45 bits per heavy atom. The highest BCUT2D eigenvalue weighted by Gasteiger charge is 2.19. The zero-order chi connectivity index (χ0) is 16.3. The molecule has 0 saturated carbocycles. The number of nitrogens with one attached hydrogen (secondary N) is 1. The van der Waals surface area contributed by atoms with Gasteiger partial charge in [-0.15, -0.1) is 0 Å². The normalized spacial score (nSPS) is 11.9. The zero-order valence-electron chi connectivity index (χ0n) is 12.7. The molecular formula is C17H18Cl2N2O. The molecule has 0 saturated heterocycles. The lowest BCUT2D eigenvalue weighted by molar-refractivity contribution is 0.208. The fourth-order valence-electron chi connectivity index (χ4n) is 2.12. The van der Waals surface area contributed by atoms with E-state index in [1.54, 1.807) is 18.0 Å². The summed E-state index contributed by atoms with van der Waals surface area (Å²) >= 11 is 12.3. The van der Waals surface area contributed by atoms with Gasteiger partial charge < -0.3 is 10.2 Å². The Morgan fingerprint density at radius 1 is 1.14 bits per heavy atom. The van der Waals surface area contributed by atoms with Crippen LogP contribution in [0, 0.1) is 6.92 Å². The van der Waals surface area contributed by atoms with Crippen LogP contribution in [-0.4, -0.2) is 18.0 Å². The van der Waals surface area contributed by atoms with Crippen LogP contribution in [0.1, 0.15) is 24.1 Å². The fraction of sp³-hybridized carbons (Fsp3) is 0.235. The molecule has 1 atom stereocenters. The van der Waals surface area contributed by atoms with Crippen molar-refractivity contribution in [3.8, 4) is 0 Å². The van der Waals surface area contributed by atoms with Gasteiger partial charge in [0.2, 0.25) is 0 Å². The van der Waals surface area contributed by atoms with Gasteiger partial charge in [0.05, 0.1) is 16.8 Å². The molecule has 1 N–H and O–H groups in total. The smallest absolute Gasteiger partial charge is 0.321 e. The van der Waals surface area contributed by atoms with Gasteiger partial charge in [-0.3, -0.25) is 0 Å². The first-order valence-corrected chi connectivity index (χ1v) is 7.70. The van der Waals surface area contributed by atoms with E-state index in [0.29, 0.717) is 15.7 Å². The Bertz CT molecular complexity index is 688. The first-order valence-electron chi connectivity index (χ1n) is 6.94. The van der Waals surface area contributed by atoms with Crippen LogP contribution >= 0.6 is 23.2 Å². The van der Waals surface area contributed by atoms with E-state index in [2.05, 4.69) is 5.32 Å². The van der Waals surface area contributed by atoms with E-state index in [1.807, 2.05) is 50.2 Å². The van der Waals surface area contributed by atoms with Crippen molar-refractivity contribution in [2.75, 3.05) is 12.4 Å². The van der Waals surface area contributed by atoms with E-state index in [9.17, 15) is 4.79 Å². The van der Waals surface area contributed by atoms with Gasteiger partial charge in [-0.2, -0.15) is 0 Å². The van der Waals surface area contributed by atoms with Crippen molar-refractivity contribution in [3.05, 3.63) is 63.6 Å². The van der Waals surface area contributed by atoms with Crippen LogP contribution < -0.4 is 5.32 Å². The van der Waals surface area contributed by atoms with Crippen molar-refractivity contribution in [3.63, 3.8) is 0 Å². The second kappa shape index (κ2) is 7.03. The molecule has 0 aliphatic rings. The van der Waals surface area contributed by atoms with Gasteiger partial charge in [0.25, 0.3) is 0 Å². The van der Waals surface area contributed by atoms with Crippen molar-refractivity contribution < 1.29 is 4.79 Å². The Morgan fingerprint density at radius 2 is 1.82 bits per heavy atom. The lowest BCUT2D eigenvalue weighted by Gasteiger charge is -2.26. The summed E-state index contributed by atoms with van der Waals surface area (Å²) < 4.78 is 0.